The van der Waals surface area contributed by atoms with Crippen molar-refractivity contribution < 1.29 is 4.42 Å². The molecular formula is C17H24N4O. The number of rotatable bonds is 4. The van der Waals surface area contributed by atoms with Crippen molar-refractivity contribution in [2.24, 2.45) is 0 Å². The van der Waals surface area contributed by atoms with Gasteiger partial charge in [-0.25, -0.2) is 0 Å². The van der Waals surface area contributed by atoms with E-state index in [1.807, 2.05) is 0 Å². The fraction of sp³-hybridized carbons (Fsp3) is 0.529. The summed E-state index contributed by atoms with van der Waals surface area (Å²) < 4.78 is 5.36. The molecule has 0 amide bonds. The van der Waals surface area contributed by atoms with Gasteiger partial charge in [0.15, 0.2) is 0 Å². The lowest BCUT2D eigenvalue weighted by molar-refractivity contribution is 0.193. The van der Waals surface area contributed by atoms with Gasteiger partial charge in [-0.05, 0) is 43.0 Å². The monoisotopic (exact) mass is 300 g/mol. The van der Waals surface area contributed by atoms with Crippen LogP contribution in [-0.4, -0.2) is 28.2 Å². The van der Waals surface area contributed by atoms with Gasteiger partial charge < -0.3 is 10.2 Å². The Bertz CT molecular complexity index is 615. The molecule has 5 nitrogen and oxygen atoms in total. The van der Waals surface area contributed by atoms with Crippen LogP contribution in [0.15, 0.2) is 28.7 Å². The zero-order valence-corrected chi connectivity index (χ0v) is 13.3. The van der Waals surface area contributed by atoms with E-state index in [0.29, 0.717) is 17.7 Å². The molecule has 1 aliphatic heterocycles. The summed E-state index contributed by atoms with van der Waals surface area (Å²) in [7, 11) is 0. The standard InChI is InChI=1S/C17H24N4O/c1-12(2)15-6-4-3-5-14(15)11-21-9-7-13(8-10-21)16-19-20-17(18)22-16/h3-6,12-13H,7-11H2,1-2H3,(H2,18,20). The SMILES string of the molecule is CC(C)c1ccccc1CN1CCC(c2nnc(N)o2)CC1. The second-order valence-electron chi connectivity index (χ2n) is 6.38. The molecule has 22 heavy (non-hydrogen) atoms. The highest BCUT2D eigenvalue weighted by atomic mass is 16.4. The highest BCUT2D eigenvalue weighted by Gasteiger charge is 2.25. The predicted octanol–water partition coefficient (Wildman–Crippen LogP) is 3.15. The Kier molecular flexibility index (Phi) is 4.43. The Morgan fingerprint density at radius 2 is 1.95 bits per heavy atom. The van der Waals surface area contributed by atoms with Gasteiger partial charge in [-0.15, -0.1) is 5.10 Å². The Balaban J connectivity index is 1.60. The molecule has 1 fully saturated rings. The van der Waals surface area contributed by atoms with Gasteiger partial charge in [0.2, 0.25) is 5.89 Å². The lowest BCUT2D eigenvalue weighted by atomic mass is 9.94. The predicted molar refractivity (Wildman–Crippen MR) is 86.5 cm³/mol. The largest absolute Gasteiger partial charge is 0.408 e. The summed E-state index contributed by atoms with van der Waals surface area (Å²) in [5, 5.41) is 7.78. The van der Waals surface area contributed by atoms with Gasteiger partial charge in [-0.2, -0.15) is 0 Å². The van der Waals surface area contributed by atoms with E-state index in [4.69, 9.17) is 10.2 Å². The Morgan fingerprint density at radius 1 is 1.23 bits per heavy atom. The van der Waals surface area contributed by atoms with Crippen LogP contribution in [0.2, 0.25) is 0 Å². The van der Waals surface area contributed by atoms with Crippen LogP contribution in [0.3, 0.4) is 0 Å². The van der Waals surface area contributed by atoms with E-state index < -0.39 is 0 Å². The van der Waals surface area contributed by atoms with Gasteiger partial charge in [-0.3, -0.25) is 4.90 Å². The molecule has 0 spiro atoms. The highest BCUT2D eigenvalue weighted by Crippen LogP contribution is 2.29. The molecule has 5 heteroatoms. The Labute approximate surface area is 131 Å². The van der Waals surface area contributed by atoms with Crippen LogP contribution < -0.4 is 5.73 Å². The van der Waals surface area contributed by atoms with E-state index in [9.17, 15) is 0 Å². The van der Waals surface area contributed by atoms with Crippen molar-refractivity contribution in [3.63, 3.8) is 0 Å². The van der Waals surface area contributed by atoms with Gasteiger partial charge in [-0.1, -0.05) is 43.2 Å². The molecule has 0 aliphatic carbocycles. The molecule has 118 valence electrons. The van der Waals surface area contributed by atoms with Crippen molar-refractivity contribution in [2.45, 2.75) is 45.1 Å². The number of nitrogen functional groups attached to an aromatic ring is 1. The second-order valence-corrected chi connectivity index (χ2v) is 6.38. The molecule has 0 unspecified atom stereocenters. The average molecular weight is 300 g/mol. The lowest BCUT2D eigenvalue weighted by Gasteiger charge is -2.31. The summed E-state index contributed by atoms with van der Waals surface area (Å²) in [4.78, 5) is 2.51. The number of hydrogen-bond acceptors (Lipinski definition) is 5. The normalized spacial score (nSPS) is 17.2. The topological polar surface area (TPSA) is 68.2 Å². The minimum atomic E-state index is 0.170. The van der Waals surface area contributed by atoms with E-state index in [-0.39, 0.29) is 6.01 Å². The smallest absolute Gasteiger partial charge is 0.312 e. The minimum Gasteiger partial charge on any atom is -0.408 e. The molecule has 0 radical (unpaired) electrons. The first-order chi connectivity index (χ1) is 10.6. The van der Waals surface area contributed by atoms with Gasteiger partial charge >= 0.3 is 6.01 Å². The minimum absolute atomic E-state index is 0.170. The summed E-state index contributed by atoms with van der Waals surface area (Å²) in [6.07, 6.45) is 2.09. The van der Waals surface area contributed by atoms with Crippen LogP contribution >= 0.6 is 0 Å². The van der Waals surface area contributed by atoms with Crippen LogP contribution in [0.1, 0.15) is 55.5 Å². The van der Waals surface area contributed by atoms with Crippen LogP contribution in [-0.2, 0) is 6.54 Å². The first kappa shape index (κ1) is 15.0. The molecule has 1 aromatic heterocycles. The summed E-state index contributed by atoms with van der Waals surface area (Å²) in [5.74, 6) is 1.61. The van der Waals surface area contributed by atoms with Crippen molar-refractivity contribution >= 4 is 6.01 Å². The van der Waals surface area contributed by atoms with E-state index >= 15 is 0 Å². The highest BCUT2D eigenvalue weighted by molar-refractivity contribution is 5.29. The number of nitrogens with two attached hydrogens (primary N) is 1. The molecule has 3 rings (SSSR count). The summed E-state index contributed by atoms with van der Waals surface area (Å²) in [6, 6.07) is 8.93. The molecule has 2 N–H and O–H groups in total. The van der Waals surface area contributed by atoms with Gasteiger partial charge in [0.05, 0.1) is 0 Å². The molecule has 2 heterocycles. The number of benzene rings is 1. The third-order valence-corrected chi connectivity index (χ3v) is 4.46. The van der Waals surface area contributed by atoms with Crippen molar-refractivity contribution in [1.82, 2.24) is 15.1 Å². The zero-order chi connectivity index (χ0) is 15.5. The molecular weight excluding hydrogens is 276 g/mol. The first-order valence-corrected chi connectivity index (χ1v) is 8.02. The molecule has 1 saturated heterocycles. The Morgan fingerprint density at radius 3 is 2.59 bits per heavy atom. The zero-order valence-electron chi connectivity index (χ0n) is 13.3. The maximum absolute atomic E-state index is 5.51. The summed E-state index contributed by atoms with van der Waals surface area (Å²) in [6.45, 7) is 7.64. The number of hydrogen-bond donors (Lipinski definition) is 1. The molecule has 0 bridgehead atoms. The fourth-order valence-corrected chi connectivity index (χ4v) is 3.23. The van der Waals surface area contributed by atoms with Crippen molar-refractivity contribution in [1.29, 1.82) is 0 Å². The molecule has 0 atom stereocenters. The van der Waals surface area contributed by atoms with Gasteiger partial charge in [0.25, 0.3) is 0 Å². The first-order valence-electron chi connectivity index (χ1n) is 8.02. The number of piperidine rings is 1. The number of likely N-dealkylation sites (tertiary alicyclic amines) is 1. The van der Waals surface area contributed by atoms with E-state index in [0.717, 1.165) is 32.5 Å². The number of nitrogens with zero attached hydrogens (tertiary/aromatic N) is 3. The fourth-order valence-electron chi connectivity index (χ4n) is 3.23. The molecule has 2 aromatic rings. The number of anilines is 1. The van der Waals surface area contributed by atoms with Crippen LogP contribution in [0, 0.1) is 0 Å². The van der Waals surface area contributed by atoms with Gasteiger partial charge in [0.1, 0.15) is 0 Å². The van der Waals surface area contributed by atoms with Crippen LogP contribution in [0.25, 0.3) is 0 Å². The molecule has 1 aromatic carbocycles. The summed E-state index contributed by atoms with van der Waals surface area (Å²) in [5.41, 5.74) is 8.40. The quantitative estimate of drug-likeness (QED) is 0.939. The van der Waals surface area contributed by atoms with Crippen LogP contribution in [0.5, 0.6) is 0 Å². The van der Waals surface area contributed by atoms with E-state index in [1.54, 1.807) is 0 Å². The van der Waals surface area contributed by atoms with Gasteiger partial charge in [0, 0.05) is 12.5 Å². The Hall–Kier alpha value is -1.88. The van der Waals surface area contributed by atoms with E-state index in [1.165, 1.54) is 11.1 Å². The van der Waals surface area contributed by atoms with Crippen LogP contribution in [0.4, 0.5) is 6.01 Å². The third-order valence-electron chi connectivity index (χ3n) is 4.46. The lowest BCUT2D eigenvalue weighted by Crippen LogP contribution is -2.32. The van der Waals surface area contributed by atoms with E-state index in [2.05, 4.69) is 53.2 Å². The van der Waals surface area contributed by atoms with Crippen molar-refractivity contribution in [3.8, 4) is 0 Å². The summed E-state index contributed by atoms with van der Waals surface area (Å²) >= 11 is 0. The third kappa shape index (κ3) is 3.30. The maximum atomic E-state index is 5.51. The van der Waals surface area contributed by atoms with Crippen molar-refractivity contribution in [3.05, 3.63) is 41.3 Å². The molecule has 0 saturated carbocycles. The number of aromatic nitrogens is 2. The average Bonchev–Trinajstić information content (AvgIpc) is 2.95. The maximum Gasteiger partial charge on any atom is 0.312 e. The second kappa shape index (κ2) is 6.48. The molecule has 1 aliphatic rings. The van der Waals surface area contributed by atoms with Crippen molar-refractivity contribution in [2.75, 3.05) is 18.8 Å².